The summed E-state index contributed by atoms with van der Waals surface area (Å²) in [6.07, 6.45) is -3.61. The maximum absolute atomic E-state index is 12.8. The summed E-state index contributed by atoms with van der Waals surface area (Å²) in [6.45, 7) is 0. The molecule has 1 fully saturated rings. The van der Waals surface area contributed by atoms with Gasteiger partial charge in [0, 0.05) is 0 Å². The molecule has 0 aromatic carbocycles. The van der Waals surface area contributed by atoms with Gasteiger partial charge in [-0.05, 0) is 12.8 Å². The second kappa shape index (κ2) is 4.03. The molecule has 1 heterocycles. The monoisotopic (exact) mass is 242 g/mol. The summed E-state index contributed by atoms with van der Waals surface area (Å²) in [7, 11) is -2.25. The summed E-state index contributed by atoms with van der Waals surface area (Å²) in [5.41, 5.74) is -1.93. The zero-order valence-corrected chi connectivity index (χ0v) is 9.02. The molecule has 0 radical (unpaired) electrons. The fourth-order valence-corrected chi connectivity index (χ4v) is 3.17. The van der Waals surface area contributed by atoms with Gasteiger partial charge in [0.1, 0.15) is 15.3 Å². The van der Waals surface area contributed by atoms with Crippen molar-refractivity contribution in [2.75, 3.05) is 18.6 Å². The molecular weight excluding hydrogens is 230 g/mol. The Morgan fingerprint density at radius 2 is 1.80 bits per heavy atom. The highest BCUT2D eigenvalue weighted by atomic mass is 32.2. The van der Waals surface area contributed by atoms with Crippen molar-refractivity contribution >= 4 is 15.8 Å². The SMILES string of the molecule is COC(=O)C1(C(F)F)CCS(=O)(=O)CC1. The van der Waals surface area contributed by atoms with E-state index in [1.165, 1.54) is 0 Å². The number of esters is 1. The summed E-state index contributed by atoms with van der Waals surface area (Å²) < 4.78 is 52.0. The first kappa shape index (κ1) is 12.4. The molecule has 0 bridgehead atoms. The van der Waals surface area contributed by atoms with Crippen LogP contribution in [0.15, 0.2) is 0 Å². The van der Waals surface area contributed by atoms with Gasteiger partial charge in [0.15, 0.2) is 0 Å². The zero-order valence-electron chi connectivity index (χ0n) is 8.20. The number of ether oxygens (including phenoxy) is 1. The summed E-state index contributed by atoms with van der Waals surface area (Å²) in [5, 5.41) is 0. The van der Waals surface area contributed by atoms with E-state index in [0.717, 1.165) is 7.11 Å². The number of rotatable bonds is 2. The van der Waals surface area contributed by atoms with Crippen LogP contribution in [-0.4, -0.2) is 39.4 Å². The zero-order chi connectivity index (χ0) is 11.7. The van der Waals surface area contributed by atoms with Crippen LogP contribution in [0.5, 0.6) is 0 Å². The average Bonchev–Trinajstić information content (AvgIpc) is 2.17. The standard InChI is InChI=1S/C8H12F2O4S/c1-14-7(11)8(6(9)10)2-4-15(12,13)5-3-8/h6H,2-5H2,1H3. The van der Waals surface area contributed by atoms with Gasteiger partial charge in [0.25, 0.3) is 6.43 Å². The number of hydrogen-bond acceptors (Lipinski definition) is 4. The number of methoxy groups -OCH3 is 1. The smallest absolute Gasteiger partial charge is 0.317 e. The lowest BCUT2D eigenvalue weighted by Crippen LogP contribution is -2.45. The van der Waals surface area contributed by atoms with E-state index in [-0.39, 0.29) is 24.3 Å². The number of alkyl halides is 2. The lowest BCUT2D eigenvalue weighted by Gasteiger charge is -2.33. The summed E-state index contributed by atoms with van der Waals surface area (Å²) in [6, 6.07) is 0. The third-order valence-corrected chi connectivity index (χ3v) is 4.38. The molecule has 0 saturated carbocycles. The summed E-state index contributed by atoms with van der Waals surface area (Å²) >= 11 is 0. The van der Waals surface area contributed by atoms with Crippen LogP contribution in [0.3, 0.4) is 0 Å². The fourth-order valence-electron chi connectivity index (χ4n) is 1.62. The highest BCUT2D eigenvalue weighted by Gasteiger charge is 2.51. The van der Waals surface area contributed by atoms with E-state index < -0.39 is 27.6 Å². The minimum atomic E-state index is -3.27. The fraction of sp³-hybridized carbons (Fsp3) is 0.875. The minimum Gasteiger partial charge on any atom is -0.468 e. The van der Waals surface area contributed by atoms with Gasteiger partial charge in [-0.1, -0.05) is 0 Å². The van der Waals surface area contributed by atoms with Crippen LogP contribution in [0, 0.1) is 5.41 Å². The van der Waals surface area contributed by atoms with Gasteiger partial charge < -0.3 is 4.74 Å². The Morgan fingerprint density at radius 3 is 2.13 bits per heavy atom. The summed E-state index contributed by atoms with van der Waals surface area (Å²) in [4.78, 5) is 11.2. The van der Waals surface area contributed by atoms with Crippen LogP contribution in [0.4, 0.5) is 8.78 Å². The molecule has 0 aromatic rings. The third-order valence-electron chi connectivity index (χ3n) is 2.73. The highest BCUT2D eigenvalue weighted by Crippen LogP contribution is 2.39. The minimum absolute atomic E-state index is 0.361. The molecule has 88 valence electrons. The van der Waals surface area contributed by atoms with E-state index in [1.807, 2.05) is 0 Å². The maximum Gasteiger partial charge on any atom is 0.317 e. The largest absolute Gasteiger partial charge is 0.468 e. The van der Waals surface area contributed by atoms with Crippen molar-refractivity contribution in [2.45, 2.75) is 19.3 Å². The predicted molar refractivity (Wildman–Crippen MR) is 48.3 cm³/mol. The van der Waals surface area contributed by atoms with E-state index in [9.17, 15) is 22.0 Å². The molecule has 1 aliphatic rings. The van der Waals surface area contributed by atoms with E-state index in [0.29, 0.717) is 0 Å². The third kappa shape index (κ3) is 2.27. The van der Waals surface area contributed by atoms with Crippen LogP contribution in [0.25, 0.3) is 0 Å². The number of carbonyl (C=O) groups is 1. The Labute approximate surface area is 86.5 Å². The second-order valence-corrected chi connectivity index (χ2v) is 5.90. The topological polar surface area (TPSA) is 60.4 Å². The molecule has 0 aromatic heterocycles. The van der Waals surface area contributed by atoms with Crippen LogP contribution in [0.2, 0.25) is 0 Å². The molecule has 0 atom stereocenters. The summed E-state index contributed by atoms with van der Waals surface area (Å²) in [5.74, 6) is -1.79. The van der Waals surface area contributed by atoms with Crippen molar-refractivity contribution in [1.29, 1.82) is 0 Å². The number of halogens is 2. The van der Waals surface area contributed by atoms with E-state index >= 15 is 0 Å². The van der Waals surface area contributed by atoms with E-state index in [1.54, 1.807) is 0 Å². The molecule has 0 unspecified atom stereocenters. The van der Waals surface area contributed by atoms with Gasteiger partial charge in [-0.15, -0.1) is 0 Å². The average molecular weight is 242 g/mol. The van der Waals surface area contributed by atoms with Crippen molar-refractivity contribution in [3.63, 3.8) is 0 Å². The van der Waals surface area contributed by atoms with Gasteiger partial charge in [0.05, 0.1) is 18.6 Å². The highest BCUT2D eigenvalue weighted by molar-refractivity contribution is 7.91. The number of hydrogen-bond donors (Lipinski definition) is 0. The molecule has 0 N–H and O–H groups in total. The van der Waals surface area contributed by atoms with E-state index in [4.69, 9.17) is 0 Å². The Morgan fingerprint density at radius 1 is 1.33 bits per heavy atom. The Bertz CT molecular complexity index is 336. The van der Waals surface area contributed by atoms with Crippen LogP contribution < -0.4 is 0 Å². The molecule has 1 saturated heterocycles. The second-order valence-electron chi connectivity index (χ2n) is 3.60. The van der Waals surface area contributed by atoms with E-state index in [2.05, 4.69) is 4.74 Å². The lowest BCUT2D eigenvalue weighted by atomic mass is 9.82. The Balaban J connectivity index is 2.92. The van der Waals surface area contributed by atoms with Gasteiger partial charge in [0.2, 0.25) is 0 Å². The van der Waals surface area contributed by atoms with Crippen LogP contribution >= 0.6 is 0 Å². The molecular formula is C8H12F2O4S. The molecule has 0 spiro atoms. The van der Waals surface area contributed by atoms with Gasteiger partial charge in [-0.2, -0.15) is 0 Å². The van der Waals surface area contributed by atoms with Crippen LogP contribution in [0.1, 0.15) is 12.8 Å². The van der Waals surface area contributed by atoms with Crippen molar-refractivity contribution < 1.29 is 26.7 Å². The predicted octanol–water partition coefficient (Wildman–Crippen LogP) is 0.620. The molecule has 0 aliphatic carbocycles. The maximum atomic E-state index is 12.8. The number of carbonyl (C=O) groups excluding carboxylic acids is 1. The number of sulfone groups is 1. The van der Waals surface area contributed by atoms with Gasteiger partial charge >= 0.3 is 5.97 Å². The van der Waals surface area contributed by atoms with Crippen molar-refractivity contribution in [1.82, 2.24) is 0 Å². The molecule has 15 heavy (non-hydrogen) atoms. The quantitative estimate of drug-likeness (QED) is 0.666. The molecule has 1 rings (SSSR count). The Kier molecular flexibility index (Phi) is 3.32. The first-order valence-electron chi connectivity index (χ1n) is 4.41. The van der Waals surface area contributed by atoms with Crippen molar-refractivity contribution in [2.24, 2.45) is 5.41 Å². The molecule has 7 heteroatoms. The van der Waals surface area contributed by atoms with Crippen LogP contribution in [-0.2, 0) is 19.4 Å². The normalized spacial score (nSPS) is 23.7. The molecule has 1 aliphatic heterocycles. The first-order valence-corrected chi connectivity index (χ1v) is 6.23. The van der Waals surface area contributed by atoms with Gasteiger partial charge in [-0.3, -0.25) is 4.79 Å². The van der Waals surface area contributed by atoms with Crippen molar-refractivity contribution in [3.8, 4) is 0 Å². The van der Waals surface area contributed by atoms with Gasteiger partial charge in [-0.25, -0.2) is 17.2 Å². The molecule has 0 amide bonds. The Hall–Kier alpha value is -0.720. The van der Waals surface area contributed by atoms with Crippen molar-refractivity contribution in [3.05, 3.63) is 0 Å². The lowest BCUT2D eigenvalue weighted by molar-refractivity contribution is -0.164. The molecule has 4 nitrogen and oxygen atoms in total. The first-order chi connectivity index (χ1) is 6.84.